The van der Waals surface area contributed by atoms with Gasteiger partial charge in [0.2, 0.25) is 5.91 Å². The largest absolute Gasteiger partial charge is 0.444 e. The fourth-order valence-electron chi connectivity index (χ4n) is 0.966. The van der Waals surface area contributed by atoms with Gasteiger partial charge in [0.15, 0.2) is 0 Å². The summed E-state index contributed by atoms with van der Waals surface area (Å²) < 4.78 is 5.04. The first-order valence-electron chi connectivity index (χ1n) is 5.12. The van der Waals surface area contributed by atoms with E-state index in [1.54, 1.807) is 27.7 Å². The van der Waals surface area contributed by atoms with Gasteiger partial charge in [0, 0.05) is 19.5 Å². The standard InChI is InChI=1S/C10H21N3O3/c1-7(6-8(14)13(5)11)12-9(15)16-10(2,3)4/h7H,6,11H2,1-5H3,(H,12,15). The third-order valence-corrected chi connectivity index (χ3v) is 1.64. The minimum Gasteiger partial charge on any atom is -0.444 e. The highest BCUT2D eigenvalue weighted by Gasteiger charge is 2.19. The van der Waals surface area contributed by atoms with Gasteiger partial charge in [-0.05, 0) is 27.7 Å². The lowest BCUT2D eigenvalue weighted by molar-refractivity contribution is -0.130. The van der Waals surface area contributed by atoms with Crippen molar-refractivity contribution in [1.82, 2.24) is 10.3 Å². The number of hydrogen-bond acceptors (Lipinski definition) is 4. The van der Waals surface area contributed by atoms with Crippen LogP contribution in [-0.4, -0.2) is 35.7 Å². The highest BCUT2D eigenvalue weighted by atomic mass is 16.6. The number of carbonyl (C=O) groups is 2. The molecule has 0 saturated carbocycles. The van der Waals surface area contributed by atoms with Gasteiger partial charge in [0.05, 0.1) is 0 Å². The van der Waals surface area contributed by atoms with Crippen LogP contribution in [0.2, 0.25) is 0 Å². The Kier molecular flexibility index (Phi) is 5.23. The van der Waals surface area contributed by atoms with Crippen molar-refractivity contribution in [3.63, 3.8) is 0 Å². The van der Waals surface area contributed by atoms with Crippen molar-refractivity contribution in [2.24, 2.45) is 5.84 Å². The van der Waals surface area contributed by atoms with E-state index < -0.39 is 11.7 Å². The van der Waals surface area contributed by atoms with E-state index in [1.807, 2.05) is 0 Å². The molecule has 0 aliphatic heterocycles. The zero-order valence-electron chi connectivity index (χ0n) is 10.5. The molecule has 0 spiro atoms. The molecule has 1 unspecified atom stereocenters. The van der Waals surface area contributed by atoms with Crippen LogP contribution in [0, 0.1) is 0 Å². The van der Waals surface area contributed by atoms with Crippen molar-refractivity contribution >= 4 is 12.0 Å². The molecule has 0 saturated heterocycles. The number of carbonyl (C=O) groups excluding carboxylic acids is 2. The van der Waals surface area contributed by atoms with Crippen molar-refractivity contribution in [3.8, 4) is 0 Å². The molecule has 0 aliphatic carbocycles. The Bertz CT molecular complexity index is 259. The van der Waals surface area contributed by atoms with Crippen molar-refractivity contribution < 1.29 is 14.3 Å². The van der Waals surface area contributed by atoms with Gasteiger partial charge in [-0.3, -0.25) is 9.80 Å². The van der Waals surface area contributed by atoms with E-state index in [4.69, 9.17) is 10.6 Å². The molecule has 0 fully saturated rings. The number of amides is 2. The zero-order chi connectivity index (χ0) is 12.9. The third-order valence-electron chi connectivity index (χ3n) is 1.64. The van der Waals surface area contributed by atoms with Gasteiger partial charge in [0.1, 0.15) is 5.60 Å². The molecular formula is C10H21N3O3. The molecule has 2 amide bonds. The minimum atomic E-state index is -0.543. The van der Waals surface area contributed by atoms with Gasteiger partial charge in [-0.1, -0.05) is 0 Å². The molecule has 0 radical (unpaired) electrons. The summed E-state index contributed by atoms with van der Waals surface area (Å²) in [4.78, 5) is 22.6. The first-order chi connectivity index (χ1) is 7.11. The van der Waals surface area contributed by atoms with Crippen LogP contribution in [0.25, 0.3) is 0 Å². The molecule has 0 aromatic carbocycles. The van der Waals surface area contributed by atoms with Gasteiger partial charge in [0.25, 0.3) is 0 Å². The maximum absolute atomic E-state index is 11.3. The van der Waals surface area contributed by atoms with E-state index >= 15 is 0 Å². The summed E-state index contributed by atoms with van der Waals surface area (Å²) in [6.45, 7) is 7.04. The van der Waals surface area contributed by atoms with Crippen molar-refractivity contribution in [2.45, 2.75) is 45.8 Å². The molecule has 0 aliphatic rings. The van der Waals surface area contributed by atoms with Crippen LogP contribution in [0.5, 0.6) is 0 Å². The Balaban J connectivity index is 4.01. The van der Waals surface area contributed by atoms with Gasteiger partial charge < -0.3 is 10.1 Å². The van der Waals surface area contributed by atoms with E-state index in [0.29, 0.717) is 0 Å². The molecule has 0 aromatic rings. The lowest BCUT2D eigenvalue weighted by atomic mass is 10.2. The summed E-state index contributed by atoms with van der Waals surface area (Å²) in [6, 6.07) is -0.312. The molecule has 1 atom stereocenters. The summed E-state index contributed by atoms with van der Waals surface area (Å²) in [7, 11) is 1.46. The molecule has 3 N–H and O–H groups in total. The topological polar surface area (TPSA) is 84.7 Å². The second kappa shape index (κ2) is 5.69. The van der Waals surface area contributed by atoms with Crippen LogP contribution in [0.1, 0.15) is 34.1 Å². The molecular weight excluding hydrogens is 210 g/mol. The number of hydrogen-bond donors (Lipinski definition) is 2. The number of nitrogens with zero attached hydrogens (tertiary/aromatic N) is 1. The van der Waals surface area contributed by atoms with Crippen LogP contribution in [0.3, 0.4) is 0 Å². The van der Waals surface area contributed by atoms with Gasteiger partial charge >= 0.3 is 6.09 Å². The molecule has 6 heteroatoms. The molecule has 0 aromatic heterocycles. The van der Waals surface area contributed by atoms with E-state index in [2.05, 4.69) is 5.32 Å². The van der Waals surface area contributed by atoms with Gasteiger partial charge in [-0.2, -0.15) is 0 Å². The molecule has 16 heavy (non-hydrogen) atoms. The maximum Gasteiger partial charge on any atom is 0.407 e. The monoisotopic (exact) mass is 231 g/mol. The summed E-state index contributed by atoms with van der Waals surface area (Å²) in [6.07, 6.45) is -0.390. The van der Waals surface area contributed by atoms with Gasteiger partial charge in [-0.15, -0.1) is 0 Å². The fourth-order valence-corrected chi connectivity index (χ4v) is 0.966. The molecule has 0 rings (SSSR count). The predicted octanol–water partition coefficient (Wildman–Crippen LogP) is 0.622. The molecule has 94 valence electrons. The lowest BCUT2D eigenvalue weighted by Crippen LogP contribution is -2.42. The normalized spacial score (nSPS) is 12.9. The van der Waals surface area contributed by atoms with Gasteiger partial charge in [-0.25, -0.2) is 10.6 Å². The van der Waals surface area contributed by atoms with E-state index in [-0.39, 0.29) is 18.4 Å². The first-order valence-corrected chi connectivity index (χ1v) is 5.12. The second-order valence-electron chi connectivity index (χ2n) is 4.76. The van der Waals surface area contributed by atoms with Crippen LogP contribution < -0.4 is 11.2 Å². The SMILES string of the molecule is CC(CC(=O)N(C)N)NC(=O)OC(C)(C)C. The van der Waals surface area contributed by atoms with Crippen molar-refractivity contribution in [2.75, 3.05) is 7.05 Å². The average molecular weight is 231 g/mol. The number of ether oxygens (including phenoxy) is 1. The zero-order valence-corrected chi connectivity index (χ0v) is 10.5. The van der Waals surface area contributed by atoms with Crippen LogP contribution >= 0.6 is 0 Å². The summed E-state index contributed by atoms with van der Waals surface area (Å²) in [5, 5.41) is 3.55. The third kappa shape index (κ3) is 7.05. The Hall–Kier alpha value is -1.30. The minimum absolute atomic E-state index is 0.145. The van der Waals surface area contributed by atoms with E-state index in [9.17, 15) is 9.59 Å². The first kappa shape index (κ1) is 14.7. The van der Waals surface area contributed by atoms with Crippen molar-refractivity contribution in [1.29, 1.82) is 0 Å². The highest BCUT2D eigenvalue weighted by molar-refractivity contribution is 5.77. The Morgan fingerprint density at radius 1 is 1.44 bits per heavy atom. The maximum atomic E-state index is 11.3. The van der Waals surface area contributed by atoms with Crippen LogP contribution in [0.4, 0.5) is 4.79 Å². The summed E-state index contributed by atoms with van der Waals surface area (Å²) in [5.74, 6) is 5.01. The summed E-state index contributed by atoms with van der Waals surface area (Å²) in [5.41, 5.74) is -0.543. The number of hydrazine groups is 1. The second-order valence-corrected chi connectivity index (χ2v) is 4.76. The molecule has 6 nitrogen and oxygen atoms in total. The number of rotatable bonds is 3. The fraction of sp³-hybridized carbons (Fsp3) is 0.800. The Morgan fingerprint density at radius 3 is 2.31 bits per heavy atom. The van der Waals surface area contributed by atoms with E-state index in [1.165, 1.54) is 7.05 Å². The van der Waals surface area contributed by atoms with Crippen molar-refractivity contribution in [3.05, 3.63) is 0 Å². The molecule has 0 bridgehead atoms. The van der Waals surface area contributed by atoms with E-state index in [0.717, 1.165) is 5.01 Å². The number of nitrogens with one attached hydrogen (secondary N) is 1. The van der Waals surface area contributed by atoms with Crippen LogP contribution in [-0.2, 0) is 9.53 Å². The lowest BCUT2D eigenvalue weighted by Gasteiger charge is -2.22. The average Bonchev–Trinajstić information content (AvgIpc) is 1.98. The predicted molar refractivity (Wildman–Crippen MR) is 60.4 cm³/mol. The highest BCUT2D eigenvalue weighted by Crippen LogP contribution is 2.07. The number of nitrogens with two attached hydrogens (primary N) is 1. The number of alkyl carbamates (subject to hydrolysis) is 1. The summed E-state index contributed by atoms with van der Waals surface area (Å²) >= 11 is 0. The molecule has 0 heterocycles. The Morgan fingerprint density at radius 2 is 1.94 bits per heavy atom. The Labute approximate surface area is 96.1 Å². The smallest absolute Gasteiger partial charge is 0.407 e. The quantitative estimate of drug-likeness (QED) is 0.423. The van der Waals surface area contributed by atoms with Crippen LogP contribution in [0.15, 0.2) is 0 Å².